The molecule has 5 rings (SSSR count). The summed E-state index contributed by atoms with van der Waals surface area (Å²) in [6.07, 6.45) is 10.4. The lowest BCUT2D eigenvalue weighted by molar-refractivity contribution is 1.11. The Labute approximate surface area is 135 Å². The lowest BCUT2D eigenvalue weighted by Gasteiger charge is -2.00. The van der Waals surface area contributed by atoms with Gasteiger partial charge < -0.3 is 4.98 Å². The Bertz CT molecular complexity index is 1120. The van der Waals surface area contributed by atoms with Crippen molar-refractivity contribution in [1.29, 1.82) is 0 Å². The fraction of sp³-hybridized carbons (Fsp3) is 0. The molecular weight excluding hydrogens is 302 g/mol. The van der Waals surface area contributed by atoms with Crippen molar-refractivity contribution in [2.75, 3.05) is 0 Å². The minimum atomic E-state index is 0.809. The average Bonchev–Trinajstić information content (AvgIpc) is 3.25. The number of hydrogen-bond acceptors (Lipinski definition) is 5. The van der Waals surface area contributed by atoms with Crippen molar-refractivity contribution in [3.05, 3.63) is 55.5 Å². The van der Waals surface area contributed by atoms with Crippen LogP contribution < -0.4 is 0 Å². The molecule has 0 aromatic carbocycles. The fourth-order valence-electron chi connectivity index (χ4n) is 2.81. The SMILES string of the molecule is c1cc2cc(-c3n[nH]c4cnc(-c5cncnc5)cc34)[nH]c2cn1. The summed E-state index contributed by atoms with van der Waals surface area (Å²) in [5.41, 5.74) is 5.32. The van der Waals surface area contributed by atoms with Gasteiger partial charge in [0.1, 0.15) is 12.0 Å². The van der Waals surface area contributed by atoms with Crippen LogP contribution in [0.25, 0.3) is 44.5 Å². The Hall–Kier alpha value is -3.61. The number of hydrogen-bond donors (Lipinski definition) is 2. The summed E-state index contributed by atoms with van der Waals surface area (Å²) in [6.45, 7) is 0. The van der Waals surface area contributed by atoms with Crippen LogP contribution in [0, 0.1) is 0 Å². The molecule has 0 bridgehead atoms. The van der Waals surface area contributed by atoms with Crippen molar-refractivity contribution < 1.29 is 0 Å². The maximum atomic E-state index is 4.46. The Kier molecular flexibility index (Phi) is 2.66. The van der Waals surface area contributed by atoms with Crippen LogP contribution in [0.3, 0.4) is 0 Å². The molecule has 0 saturated heterocycles. The Balaban J connectivity index is 1.71. The van der Waals surface area contributed by atoms with E-state index in [0.29, 0.717) is 0 Å². The van der Waals surface area contributed by atoms with E-state index in [1.54, 1.807) is 24.8 Å². The van der Waals surface area contributed by atoms with Gasteiger partial charge >= 0.3 is 0 Å². The lowest BCUT2D eigenvalue weighted by atomic mass is 10.1. The van der Waals surface area contributed by atoms with Gasteiger partial charge in [0.2, 0.25) is 0 Å². The zero-order valence-corrected chi connectivity index (χ0v) is 12.4. The molecule has 0 amide bonds. The van der Waals surface area contributed by atoms with E-state index in [1.807, 2.05) is 18.3 Å². The second kappa shape index (κ2) is 4.95. The van der Waals surface area contributed by atoms with Gasteiger partial charge in [0.05, 0.1) is 34.8 Å². The molecule has 5 heterocycles. The molecule has 0 saturated carbocycles. The molecule has 0 unspecified atom stereocenters. The number of H-pyrrole nitrogens is 2. The zero-order valence-electron chi connectivity index (χ0n) is 12.4. The van der Waals surface area contributed by atoms with Crippen LogP contribution in [0.2, 0.25) is 0 Å². The van der Waals surface area contributed by atoms with Gasteiger partial charge in [0, 0.05) is 34.9 Å². The quantitative estimate of drug-likeness (QED) is 0.522. The van der Waals surface area contributed by atoms with Gasteiger partial charge in [0.15, 0.2) is 0 Å². The van der Waals surface area contributed by atoms with Crippen LogP contribution in [0.5, 0.6) is 0 Å². The monoisotopic (exact) mass is 313 g/mol. The molecule has 0 aliphatic carbocycles. The van der Waals surface area contributed by atoms with Gasteiger partial charge in [-0.3, -0.25) is 15.1 Å². The van der Waals surface area contributed by atoms with Crippen LogP contribution in [0.1, 0.15) is 0 Å². The van der Waals surface area contributed by atoms with E-state index in [-0.39, 0.29) is 0 Å². The topological polar surface area (TPSA) is 96.0 Å². The normalized spacial score (nSPS) is 11.3. The van der Waals surface area contributed by atoms with E-state index in [0.717, 1.165) is 44.5 Å². The molecule has 0 aliphatic heterocycles. The molecule has 0 fully saturated rings. The van der Waals surface area contributed by atoms with Gasteiger partial charge in [-0.15, -0.1) is 0 Å². The standard InChI is InChI=1S/C17H11N7/c1-2-18-7-15-10(1)3-14(22-15)17-12-4-13(11-5-19-9-20-6-11)21-8-16(12)23-24-17/h1-9,22H,(H,23,24). The molecule has 7 heteroatoms. The van der Waals surface area contributed by atoms with Crippen LogP contribution in [-0.2, 0) is 0 Å². The predicted octanol–water partition coefficient (Wildman–Crippen LogP) is 2.96. The minimum absolute atomic E-state index is 0.809. The lowest BCUT2D eigenvalue weighted by Crippen LogP contribution is -1.86. The fourth-order valence-corrected chi connectivity index (χ4v) is 2.81. The molecular formula is C17H11N7. The summed E-state index contributed by atoms with van der Waals surface area (Å²) in [6, 6.07) is 6.04. The molecule has 5 aromatic heterocycles. The molecule has 24 heavy (non-hydrogen) atoms. The maximum absolute atomic E-state index is 4.46. The second-order valence-electron chi connectivity index (χ2n) is 5.46. The predicted molar refractivity (Wildman–Crippen MR) is 90.0 cm³/mol. The molecule has 0 radical (unpaired) electrons. The third-order valence-electron chi connectivity index (χ3n) is 3.98. The first kappa shape index (κ1) is 12.9. The second-order valence-corrected chi connectivity index (χ2v) is 5.46. The smallest absolute Gasteiger partial charge is 0.116 e. The number of fused-ring (bicyclic) bond motifs is 2. The highest BCUT2D eigenvalue weighted by Gasteiger charge is 2.13. The first-order valence-corrected chi connectivity index (χ1v) is 7.41. The highest BCUT2D eigenvalue weighted by molar-refractivity contribution is 5.96. The molecule has 114 valence electrons. The van der Waals surface area contributed by atoms with Crippen molar-refractivity contribution in [3.63, 3.8) is 0 Å². The summed E-state index contributed by atoms with van der Waals surface area (Å²) >= 11 is 0. The number of nitrogens with one attached hydrogen (secondary N) is 2. The summed E-state index contributed by atoms with van der Waals surface area (Å²) in [5, 5.41) is 9.57. The third-order valence-corrected chi connectivity index (χ3v) is 3.98. The Morgan fingerprint density at radius 1 is 0.875 bits per heavy atom. The highest BCUT2D eigenvalue weighted by Crippen LogP contribution is 2.30. The number of aromatic amines is 2. The first-order valence-electron chi connectivity index (χ1n) is 7.41. The zero-order chi connectivity index (χ0) is 15.9. The van der Waals surface area contributed by atoms with Crippen LogP contribution in [-0.4, -0.2) is 35.1 Å². The Morgan fingerprint density at radius 2 is 1.79 bits per heavy atom. The minimum Gasteiger partial charge on any atom is -0.352 e. The van der Waals surface area contributed by atoms with Crippen LogP contribution >= 0.6 is 0 Å². The van der Waals surface area contributed by atoms with Crippen molar-refractivity contribution in [2.45, 2.75) is 0 Å². The average molecular weight is 313 g/mol. The van der Waals surface area contributed by atoms with Gasteiger partial charge in [-0.05, 0) is 18.2 Å². The largest absolute Gasteiger partial charge is 0.352 e. The van der Waals surface area contributed by atoms with Gasteiger partial charge in [-0.1, -0.05) is 0 Å². The summed E-state index contributed by atoms with van der Waals surface area (Å²) < 4.78 is 0. The summed E-state index contributed by atoms with van der Waals surface area (Å²) in [7, 11) is 0. The van der Waals surface area contributed by atoms with Crippen LogP contribution in [0.4, 0.5) is 0 Å². The van der Waals surface area contributed by atoms with E-state index >= 15 is 0 Å². The third kappa shape index (κ3) is 1.95. The van der Waals surface area contributed by atoms with E-state index in [4.69, 9.17) is 0 Å². The van der Waals surface area contributed by atoms with E-state index in [1.165, 1.54) is 6.33 Å². The maximum Gasteiger partial charge on any atom is 0.116 e. The van der Waals surface area contributed by atoms with Crippen molar-refractivity contribution in [3.8, 4) is 22.6 Å². The van der Waals surface area contributed by atoms with Crippen molar-refractivity contribution in [1.82, 2.24) is 35.1 Å². The van der Waals surface area contributed by atoms with E-state index in [2.05, 4.69) is 41.2 Å². The van der Waals surface area contributed by atoms with Crippen molar-refractivity contribution >= 4 is 21.8 Å². The number of aromatic nitrogens is 7. The van der Waals surface area contributed by atoms with E-state index in [9.17, 15) is 0 Å². The number of rotatable bonds is 2. The highest BCUT2D eigenvalue weighted by atomic mass is 15.1. The Morgan fingerprint density at radius 3 is 2.67 bits per heavy atom. The molecule has 5 aromatic rings. The molecule has 0 aliphatic rings. The van der Waals surface area contributed by atoms with Gasteiger partial charge in [-0.25, -0.2) is 9.97 Å². The summed E-state index contributed by atoms with van der Waals surface area (Å²) in [4.78, 5) is 20.1. The molecule has 7 nitrogen and oxygen atoms in total. The van der Waals surface area contributed by atoms with Crippen LogP contribution in [0.15, 0.2) is 55.5 Å². The molecule has 2 N–H and O–H groups in total. The summed E-state index contributed by atoms with van der Waals surface area (Å²) in [5.74, 6) is 0. The first-order chi connectivity index (χ1) is 11.9. The molecule has 0 spiro atoms. The molecule has 0 atom stereocenters. The van der Waals surface area contributed by atoms with Crippen molar-refractivity contribution in [2.24, 2.45) is 0 Å². The number of nitrogens with zero attached hydrogens (tertiary/aromatic N) is 5. The van der Waals surface area contributed by atoms with Gasteiger partial charge in [-0.2, -0.15) is 5.10 Å². The van der Waals surface area contributed by atoms with E-state index < -0.39 is 0 Å². The number of pyridine rings is 2. The van der Waals surface area contributed by atoms with Gasteiger partial charge in [0.25, 0.3) is 0 Å².